The van der Waals surface area contributed by atoms with Gasteiger partial charge in [0.25, 0.3) is 0 Å². The lowest BCUT2D eigenvalue weighted by Crippen LogP contribution is -2.41. The first-order valence-corrected chi connectivity index (χ1v) is 11.8. The van der Waals surface area contributed by atoms with Gasteiger partial charge in [-0.3, -0.25) is 9.79 Å². The van der Waals surface area contributed by atoms with Crippen molar-refractivity contribution in [1.82, 2.24) is 0 Å². The smallest absolute Gasteiger partial charge is 0.336 e. The van der Waals surface area contributed by atoms with Gasteiger partial charge >= 0.3 is 5.97 Å². The summed E-state index contributed by atoms with van der Waals surface area (Å²) in [5.74, 6) is -0.958. The summed E-state index contributed by atoms with van der Waals surface area (Å²) in [5, 5.41) is 0. The number of aliphatic imine (C=N–C) groups is 1. The molecule has 5 heteroatoms. The summed E-state index contributed by atoms with van der Waals surface area (Å²) in [4.78, 5) is 33.5. The Balaban J connectivity index is 1.75. The van der Waals surface area contributed by atoms with Crippen molar-refractivity contribution in [3.05, 3.63) is 77.0 Å². The van der Waals surface area contributed by atoms with Gasteiger partial charge < -0.3 is 9.64 Å². The first-order chi connectivity index (χ1) is 16.0. The van der Waals surface area contributed by atoms with E-state index in [1.165, 1.54) is 7.11 Å². The van der Waals surface area contributed by atoms with Crippen LogP contribution in [0, 0.1) is 5.92 Å². The molecule has 2 aliphatic rings. The minimum Gasteiger partial charge on any atom is -0.466 e. The number of nitrogens with zero attached hydrogens (tertiary/aromatic N) is 2. The second-order valence-corrected chi connectivity index (χ2v) is 8.80. The third kappa shape index (κ3) is 4.37. The molecule has 0 N–H and O–H groups in total. The number of methoxy groups -OCH3 is 1. The topological polar surface area (TPSA) is 59.0 Å². The molecule has 0 amide bonds. The highest BCUT2D eigenvalue weighted by atomic mass is 16.5. The van der Waals surface area contributed by atoms with Gasteiger partial charge in [-0.1, -0.05) is 42.5 Å². The number of ketones is 1. The molecule has 5 nitrogen and oxygen atoms in total. The Morgan fingerprint density at radius 2 is 1.64 bits per heavy atom. The maximum atomic E-state index is 13.6. The summed E-state index contributed by atoms with van der Waals surface area (Å²) >= 11 is 0. The number of ether oxygens (including phenoxy) is 1. The summed E-state index contributed by atoms with van der Waals surface area (Å²) in [7, 11) is 1.39. The maximum absolute atomic E-state index is 13.6. The maximum Gasteiger partial charge on any atom is 0.336 e. The normalized spacial score (nSPS) is 22.5. The molecule has 1 heterocycles. The van der Waals surface area contributed by atoms with Crippen molar-refractivity contribution in [3.63, 3.8) is 0 Å². The summed E-state index contributed by atoms with van der Waals surface area (Å²) in [6.45, 7) is 7.96. The number of benzene rings is 2. The van der Waals surface area contributed by atoms with E-state index < -0.39 is 11.9 Å². The molecule has 0 spiro atoms. The number of esters is 1. The van der Waals surface area contributed by atoms with E-state index in [-0.39, 0.29) is 17.6 Å². The van der Waals surface area contributed by atoms with Crippen LogP contribution in [0.25, 0.3) is 0 Å². The van der Waals surface area contributed by atoms with E-state index in [1.807, 2.05) is 37.3 Å². The van der Waals surface area contributed by atoms with E-state index in [2.05, 4.69) is 43.0 Å². The van der Waals surface area contributed by atoms with Gasteiger partial charge in [-0.15, -0.1) is 0 Å². The number of anilines is 1. The number of allylic oxidation sites excluding steroid dienone is 1. The molecule has 1 aliphatic carbocycles. The van der Waals surface area contributed by atoms with Gasteiger partial charge in [0, 0.05) is 42.5 Å². The Labute approximate surface area is 196 Å². The molecule has 1 saturated carbocycles. The van der Waals surface area contributed by atoms with Crippen LogP contribution in [0.3, 0.4) is 0 Å². The van der Waals surface area contributed by atoms with Crippen molar-refractivity contribution in [2.24, 2.45) is 10.9 Å². The minimum atomic E-state index is -0.429. The number of hydrogen-bond donors (Lipinski definition) is 0. The molecule has 3 atom stereocenters. The molecule has 0 aromatic heterocycles. The van der Waals surface area contributed by atoms with Crippen molar-refractivity contribution in [1.29, 1.82) is 0 Å². The largest absolute Gasteiger partial charge is 0.466 e. The van der Waals surface area contributed by atoms with Crippen molar-refractivity contribution in [2.45, 2.75) is 45.4 Å². The van der Waals surface area contributed by atoms with E-state index in [9.17, 15) is 9.59 Å². The summed E-state index contributed by atoms with van der Waals surface area (Å²) < 4.78 is 5.13. The first kappa shape index (κ1) is 23.0. The Hall–Kier alpha value is -3.21. The van der Waals surface area contributed by atoms with Gasteiger partial charge in [-0.25, -0.2) is 4.79 Å². The summed E-state index contributed by atoms with van der Waals surface area (Å²) in [6.07, 6.45) is 1.18. The third-order valence-corrected chi connectivity index (χ3v) is 7.01. The second-order valence-electron chi connectivity index (χ2n) is 8.80. The summed E-state index contributed by atoms with van der Waals surface area (Å²) in [6, 6.07) is 18.4. The minimum absolute atomic E-state index is 0.117. The zero-order chi connectivity index (χ0) is 23.5. The Morgan fingerprint density at radius 1 is 0.970 bits per heavy atom. The molecule has 0 saturated heterocycles. The lowest BCUT2D eigenvalue weighted by Gasteiger charge is -2.38. The fourth-order valence-electron chi connectivity index (χ4n) is 5.35. The number of rotatable bonds is 6. The number of carbonyl (C=O) groups excluding carboxylic acids is 2. The van der Waals surface area contributed by atoms with Gasteiger partial charge in [0.1, 0.15) is 5.78 Å². The van der Waals surface area contributed by atoms with E-state index in [0.29, 0.717) is 17.7 Å². The molecule has 0 bridgehead atoms. The molecule has 33 heavy (non-hydrogen) atoms. The van der Waals surface area contributed by atoms with Crippen LogP contribution in [0.4, 0.5) is 5.69 Å². The molecule has 1 aliphatic heterocycles. The van der Waals surface area contributed by atoms with Crippen LogP contribution in [0.15, 0.2) is 70.9 Å². The average molecular weight is 445 g/mol. The Kier molecular flexibility index (Phi) is 6.77. The summed E-state index contributed by atoms with van der Waals surface area (Å²) in [5.41, 5.74) is 5.26. The SMILES string of the molecule is CCN(CC)c1ccc([C@H]2C(C(=O)OC)=C(C)N=C3C[C@@H](c4ccccc4)CC(=O)C32)cc1. The van der Waals surface area contributed by atoms with E-state index in [0.717, 1.165) is 42.0 Å². The monoisotopic (exact) mass is 444 g/mol. The van der Waals surface area contributed by atoms with Crippen LogP contribution >= 0.6 is 0 Å². The molecule has 0 radical (unpaired) electrons. The van der Waals surface area contributed by atoms with Gasteiger partial charge in [-0.2, -0.15) is 0 Å². The zero-order valence-corrected chi connectivity index (χ0v) is 19.9. The fraction of sp³-hybridized carbons (Fsp3) is 0.393. The first-order valence-electron chi connectivity index (χ1n) is 11.8. The number of Topliss-reactive ketones (excluding diaryl/α,β-unsaturated/α-hetero) is 1. The number of hydrogen-bond acceptors (Lipinski definition) is 5. The number of fused-ring (bicyclic) bond motifs is 1. The molecule has 1 fully saturated rings. The van der Waals surface area contributed by atoms with Gasteiger partial charge in [0.05, 0.1) is 18.6 Å². The molecule has 2 aromatic carbocycles. The van der Waals surface area contributed by atoms with Crippen LogP contribution in [-0.4, -0.2) is 37.7 Å². The molecule has 172 valence electrons. The predicted octanol–water partition coefficient (Wildman–Crippen LogP) is 5.28. The molecular weight excluding hydrogens is 412 g/mol. The molecular formula is C28H32N2O3. The fourth-order valence-corrected chi connectivity index (χ4v) is 5.35. The van der Waals surface area contributed by atoms with E-state index in [1.54, 1.807) is 0 Å². The Bertz CT molecular complexity index is 1080. The van der Waals surface area contributed by atoms with Crippen molar-refractivity contribution >= 4 is 23.2 Å². The van der Waals surface area contributed by atoms with E-state index >= 15 is 0 Å². The van der Waals surface area contributed by atoms with Gasteiger partial charge in [0.15, 0.2) is 0 Å². The van der Waals surface area contributed by atoms with Crippen LogP contribution in [-0.2, 0) is 14.3 Å². The highest BCUT2D eigenvalue weighted by Gasteiger charge is 2.45. The van der Waals surface area contributed by atoms with Gasteiger partial charge in [-0.05, 0) is 56.4 Å². The predicted molar refractivity (Wildman–Crippen MR) is 132 cm³/mol. The lowest BCUT2D eigenvalue weighted by molar-refractivity contribution is -0.136. The van der Waals surface area contributed by atoms with Crippen LogP contribution in [0.5, 0.6) is 0 Å². The van der Waals surface area contributed by atoms with Crippen LogP contribution in [0.1, 0.15) is 56.6 Å². The van der Waals surface area contributed by atoms with E-state index in [4.69, 9.17) is 9.73 Å². The number of carbonyl (C=O) groups is 2. The second kappa shape index (κ2) is 9.74. The molecule has 1 unspecified atom stereocenters. The van der Waals surface area contributed by atoms with Crippen molar-refractivity contribution in [3.8, 4) is 0 Å². The average Bonchev–Trinajstić information content (AvgIpc) is 2.84. The van der Waals surface area contributed by atoms with Crippen molar-refractivity contribution < 1.29 is 14.3 Å². The van der Waals surface area contributed by atoms with Crippen LogP contribution in [0.2, 0.25) is 0 Å². The zero-order valence-electron chi connectivity index (χ0n) is 19.9. The van der Waals surface area contributed by atoms with Gasteiger partial charge in [0.2, 0.25) is 0 Å². The van der Waals surface area contributed by atoms with Crippen LogP contribution < -0.4 is 4.90 Å². The molecule has 4 rings (SSSR count). The highest BCUT2D eigenvalue weighted by Crippen LogP contribution is 2.46. The Morgan fingerprint density at radius 3 is 2.24 bits per heavy atom. The quantitative estimate of drug-likeness (QED) is 0.569. The standard InChI is InChI=1S/C28H32N2O3/c1-5-30(6-2)22-14-12-20(13-15-22)26-25(28(32)33-4)18(3)29-23-16-21(17-24(31)27(23)26)19-10-8-7-9-11-19/h7-15,21,26-27H,5-6,16-17H2,1-4H3/t21-,26+,27?/m1/s1. The third-order valence-electron chi connectivity index (χ3n) is 7.01. The lowest BCUT2D eigenvalue weighted by atomic mass is 9.66. The highest BCUT2D eigenvalue weighted by molar-refractivity contribution is 6.12. The van der Waals surface area contributed by atoms with Crippen molar-refractivity contribution in [2.75, 3.05) is 25.1 Å². The molecule has 2 aromatic rings.